The van der Waals surface area contributed by atoms with Crippen LogP contribution in [0.4, 0.5) is 29.1 Å². The zero-order valence-corrected chi connectivity index (χ0v) is 13.5. The van der Waals surface area contributed by atoms with Gasteiger partial charge >= 0.3 is 6.18 Å². The van der Waals surface area contributed by atoms with Crippen LogP contribution in [0.25, 0.3) is 0 Å². The van der Waals surface area contributed by atoms with E-state index < -0.39 is 12.7 Å². The number of aromatic nitrogens is 1. The monoisotopic (exact) mass is 355 g/mol. The molecule has 134 valence electrons. The Labute approximate surface area is 142 Å². The number of fused-ring (bicyclic) bond motifs is 1. The number of rotatable bonds is 4. The van der Waals surface area contributed by atoms with E-state index in [9.17, 15) is 17.6 Å². The minimum Gasteiger partial charge on any atom is -0.474 e. The van der Waals surface area contributed by atoms with Crippen molar-refractivity contribution < 1.29 is 22.3 Å². The Morgan fingerprint density at radius 3 is 2.68 bits per heavy atom. The van der Waals surface area contributed by atoms with Crippen LogP contribution in [-0.4, -0.2) is 30.4 Å². The first kappa shape index (κ1) is 17.3. The summed E-state index contributed by atoms with van der Waals surface area (Å²) in [5.41, 5.74) is 1.97. The standard InChI is InChI=1S/C17H17F4N3O/c1-10-8-25-16-14(23-10)7-12(6-11-2-4-13(18)5-3-11)15(24-16)22-9-17(19,20)21/h2-5,7,10,23H,6,8-9H2,1H3,(H,22,24)/t10-/m0/s1. The van der Waals surface area contributed by atoms with Crippen molar-refractivity contribution in [1.82, 2.24) is 4.98 Å². The van der Waals surface area contributed by atoms with Crippen LogP contribution in [0.5, 0.6) is 5.88 Å². The number of nitrogens with one attached hydrogen (secondary N) is 2. The number of hydrogen-bond acceptors (Lipinski definition) is 4. The van der Waals surface area contributed by atoms with Gasteiger partial charge in [0.2, 0.25) is 5.88 Å². The van der Waals surface area contributed by atoms with Crippen LogP contribution in [0.3, 0.4) is 0 Å². The van der Waals surface area contributed by atoms with E-state index in [1.807, 2.05) is 6.92 Å². The number of pyridine rings is 1. The molecule has 0 saturated carbocycles. The van der Waals surface area contributed by atoms with Gasteiger partial charge in [-0.2, -0.15) is 18.2 Å². The minimum atomic E-state index is -4.36. The van der Waals surface area contributed by atoms with E-state index in [4.69, 9.17) is 4.74 Å². The van der Waals surface area contributed by atoms with Crippen molar-refractivity contribution >= 4 is 11.5 Å². The molecule has 3 rings (SSSR count). The van der Waals surface area contributed by atoms with Crippen molar-refractivity contribution in [2.75, 3.05) is 23.8 Å². The average molecular weight is 355 g/mol. The topological polar surface area (TPSA) is 46.2 Å². The van der Waals surface area contributed by atoms with E-state index in [0.717, 1.165) is 5.56 Å². The lowest BCUT2D eigenvalue weighted by Gasteiger charge is -2.25. The Balaban J connectivity index is 1.91. The van der Waals surface area contributed by atoms with E-state index >= 15 is 0 Å². The quantitative estimate of drug-likeness (QED) is 0.815. The molecule has 2 aromatic rings. The fourth-order valence-electron chi connectivity index (χ4n) is 2.56. The number of benzene rings is 1. The molecule has 1 aliphatic heterocycles. The van der Waals surface area contributed by atoms with E-state index in [2.05, 4.69) is 15.6 Å². The predicted molar refractivity (Wildman–Crippen MR) is 86.6 cm³/mol. The first-order valence-electron chi connectivity index (χ1n) is 7.78. The third kappa shape index (κ3) is 4.52. The van der Waals surface area contributed by atoms with Crippen LogP contribution >= 0.6 is 0 Å². The third-order valence-corrected chi connectivity index (χ3v) is 3.70. The molecule has 25 heavy (non-hydrogen) atoms. The van der Waals surface area contributed by atoms with Gasteiger partial charge in [-0.15, -0.1) is 0 Å². The first-order chi connectivity index (χ1) is 11.8. The molecule has 1 aromatic carbocycles. The Morgan fingerprint density at radius 2 is 2.00 bits per heavy atom. The summed E-state index contributed by atoms with van der Waals surface area (Å²) in [4.78, 5) is 4.19. The molecule has 0 amide bonds. The Morgan fingerprint density at radius 1 is 1.28 bits per heavy atom. The first-order valence-corrected chi connectivity index (χ1v) is 7.78. The summed E-state index contributed by atoms with van der Waals surface area (Å²) in [6, 6.07) is 7.60. The molecule has 2 N–H and O–H groups in total. The van der Waals surface area contributed by atoms with Crippen LogP contribution in [0.15, 0.2) is 30.3 Å². The zero-order valence-electron chi connectivity index (χ0n) is 13.5. The second kappa shape index (κ2) is 6.78. The van der Waals surface area contributed by atoms with Crippen LogP contribution in [0, 0.1) is 5.82 Å². The second-order valence-electron chi connectivity index (χ2n) is 5.98. The van der Waals surface area contributed by atoms with E-state index in [0.29, 0.717) is 24.3 Å². The van der Waals surface area contributed by atoms with Crippen LogP contribution in [-0.2, 0) is 6.42 Å². The number of anilines is 2. The molecule has 0 radical (unpaired) electrons. The van der Waals surface area contributed by atoms with Crippen molar-refractivity contribution in [3.63, 3.8) is 0 Å². The van der Waals surface area contributed by atoms with Gasteiger partial charge in [-0.05, 0) is 30.7 Å². The molecular formula is C17H17F4N3O. The lowest BCUT2D eigenvalue weighted by Crippen LogP contribution is -2.29. The number of alkyl halides is 3. The Hall–Kier alpha value is -2.51. The molecule has 0 saturated heterocycles. The lowest BCUT2D eigenvalue weighted by molar-refractivity contribution is -0.115. The summed E-state index contributed by atoms with van der Waals surface area (Å²) in [5.74, 6) is 0.00834. The lowest BCUT2D eigenvalue weighted by atomic mass is 10.0. The van der Waals surface area contributed by atoms with Gasteiger partial charge in [0.1, 0.15) is 24.8 Å². The van der Waals surface area contributed by atoms with E-state index in [1.165, 1.54) is 12.1 Å². The summed E-state index contributed by atoms with van der Waals surface area (Å²) >= 11 is 0. The summed E-state index contributed by atoms with van der Waals surface area (Å²) in [7, 11) is 0. The van der Waals surface area contributed by atoms with Crippen molar-refractivity contribution in [3.8, 4) is 5.88 Å². The molecule has 8 heteroatoms. The molecule has 1 atom stereocenters. The van der Waals surface area contributed by atoms with Crippen molar-refractivity contribution in [2.45, 2.75) is 25.6 Å². The van der Waals surface area contributed by atoms with E-state index in [1.54, 1.807) is 18.2 Å². The van der Waals surface area contributed by atoms with Gasteiger partial charge in [0.15, 0.2) is 0 Å². The van der Waals surface area contributed by atoms with Gasteiger partial charge < -0.3 is 15.4 Å². The molecule has 0 spiro atoms. The molecule has 2 heterocycles. The van der Waals surface area contributed by atoms with Gasteiger partial charge in [-0.25, -0.2) is 4.39 Å². The van der Waals surface area contributed by atoms with Crippen LogP contribution < -0.4 is 15.4 Å². The highest BCUT2D eigenvalue weighted by molar-refractivity contribution is 5.63. The van der Waals surface area contributed by atoms with Crippen LogP contribution in [0.2, 0.25) is 0 Å². The Bertz CT molecular complexity index is 747. The average Bonchev–Trinajstić information content (AvgIpc) is 2.54. The predicted octanol–water partition coefficient (Wildman–Crippen LogP) is 3.98. The molecule has 1 aliphatic rings. The smallest absolute Gasteiger partial charge is 0.405 e. The summed E-state index contributed by atoms with van der Waals surface area (Å²) in [5, 5.41) is 5.53. The van der Waals surface area contributed by atoms with Gasteiger partial charge in [0.05, 0.1) is 11.7 Å². The largest absolute Gasteiger partial charge is 0.474 e. The summed E-state index contributed by atoms with van der Waals surface area (Å²) < 4.78 is 56.2. The van der Waals surface area contributed by atoms with Gasteiger partial charge in [-0.3, -0.25) is 0 Å². The number of ether oxygens (including phenoxy) is 1. The highest BCUT2D eigenvalue weighted by Gasteiger charge is 2.28. The zero-order chi connectivity index (χ0) is 18.0. The molecular weight excluding hydrogens is 338 g/mol. The second-order valence-corrected chi connectivity index (χ2v) is 5.98. The van der Waals surface area contributed by atoms with Gasteiger partial charge in [0, 0.05) is 12.0 Å². The maximum atomic E-state index is 13.0. The molecule has 0 unspecified atom stereocenters. The maximum absolute atomic E-state index is 13.0. The van der Waals surface area contributed by atoms with Crippen molar-refractivity contribution in [3.05, 3.63) is 47.3 Å². The molecule has 0 fully saturated rings. The fraction of sp³-hybridized carbons (Fsp3) is 0.353. The third-order valence-electron chi connectivity index (χ3n) is 3.70. The molecule has 1 aromatic heterocycles. The summed E-state index contributed by atoms with van der Waals surface area (Å²) in [6.07, 6.45) is -4.05. The number of nitrogens with zero attached hydrogens (tertiary/aromatic N) is 1. The van der Waals surface area contributed by atoms with Gasteiger partial charge in [-0.1, -0.05) is 12.1 Å². The minimum absolute atomic E-state index is 0.0713. The molecule has 0 bridgehead atoms. The highest BCUT2D eigenvalue weighted by Crippen LogP contribution is 2.33. The van der Waals surface area contributed by atoms with E-state index in [-0.39, 0.29) is 23.6 Å². The normalized spacial score (nSPS) is 16.6. The summed E-state index contributed by atoms with van der Waals surface area (Å²) in [6.45, 7) is 1.12. The highest BCUT2D eigenvalue weighted by atomic mass is 19.4. The molecule has 4 nitrogen and oxygen atoms in total. The van der Waals surface area contributed by atoms with Crippen molar-refractivity contribution in [2.24, 2.45) is 0 Å². The fourth-order valence-corrected chi connectivity index (χ4v) is 2.56. The maximum Gasteiger partial charge on any atom is 0.405 e. The van der Waals surface area contributed by atoms with Crippen LogP contribution in [0.1, 0.15) is 18.1 Å². The number of hydrogen-bond donors (Lipinski definition) is 2. The molecule has 0 aliphatic carbocycles. The SMILES string of the molecule is C[C@H]1COc2nc(NCC(F)(F)F)c(Cc3ccc(F)cc3)cc2N1. The number of halogens is 4. The van der Waals surface area contributed by atoms with Crippen molar-refractivity contribution in [1.29, 1.82) is 0 Å². The Kier molecular flexibility index (Phi) is 4.69. The van der Waals surface area contributed by atoms with Gasteiger partial charge in [0.25, 0.3) is 0 Å².